The van der Waals surface area contributed by atoms with Gasteiger partial charge >= 0.3 is 5.97 Å². The van der Waals surface area contributed by atoms with Gasteiger partial charge < -0.3 is 9.84 Å². The molecule has 0 spiro atoms. The van der Waals surface area contributed by atoms with Crippen molar-refractivity contribution in [1.29, 1.82) is 0 Å². The quantitative estimate of drug-likeness (QED) is 0.623. The molecule has 0 bridgehead atoms. The minimum Gasteiger partial charge on any atom is -0.508 e. The van der Waals surface area contributed by atoms with E-state index in [1.54, 1.807) is 36.7 Å². The standard InChI is InChI=1S/C22H22N4O4S/c1-5-30-21(29)18-13(3)23-22-26(19(18)14-6-8-16(27)9-7-14)20(28)17(31-22)10-15-11-25(4)24-12(15)2/h6-11,19,27H,5H2,1-4H3. The third kappa shape index (κ3) is 3.72. The number of hydrogen-bond donors (Lipinski definition) is 1. The first kappa shape index (κ1) is 20.8. The highest BCUT2D eigenvalue weighted by molar-refractivity contribution is 7.07. The molecule has 1 aliphatic heterocycles. The molecule has 1 aromatic carbocycles. The summed E-state index contributed by atoms with van der Waals surface area (Å²) in [6.07, 6.45) is 3.64. The number of esters is 1. The zero-order valence-corrected chi connectivity index (χ0v) is 18.4. The van der Waals surface area contributed by atoms with E-state index in [0.717, 1.165) is 11.3 Å². The van der Waals surface area contributed by atoms with Gasteiger partial charge in [-0.2, -0.15) is 5.10 Å². The lowest BCUT2D eigenvalue weighted by Crippen LogP contribution is -2.39. The van der Waals surface area contributed by atoms with Gasteiger partial charge in [0.2, 0.25) is 0 Å². The average Bonchev–Trinajstić information content (AvgIpc) is 3.19. The highest BCUT2D eigenvalue weighted by Crippen LogP contribution is 2.31. The molecule has 4 rings (SSSR count). The van der Waals surface area contributed by atoms with Gasteiger partial charge in [0.1, 0.15) is 5.75 Å². The number of aryl methyl sites for hydroxylation is 2. The van der Waals surface area contributed by atoms with Gasteiger partial charge in [-0.15, -0.1) is 0 Å². The molecule has 1 atom stereocenters. The number of benzene rings is 1. The van der Waals surface area contributed by atoms with E-state index in [-0.39, 0.29) is 17.9 Å². The molecule has 0 saturated carbocycles. The van der Waals surface area contributed by atoms with Gasteiger partial charge in [0, 0.05) is 18.8 Å². The molecular formula is C22H22N4O4S. The number of rotatable bonds is 4. The van der Waals surface area contributed by atoms with Gasteiger partial charge in [0.15, 0.2) is 4.80 Å². The van der Waals surface area contributed by atoms with Gasteiger partial charge in [-0.3, -0.25) is 14.0 Å². The molecule has 31 heavy (non-hydrogen) atoms. The topological polar surface area (TPSA) is 98.7 Å². The van der Waals surface area contributed by atoms with E-state index in [9.17, 15) is 14.7 Å². The fraction of sp³-hybridized carbons (Fsp3) is 0.273. The van der Waals surface area contributed by atoms with Gasteiger partial charge in [0.25, 0.3) is 5.56 Å². The molecule has 0 fully saturated rings. The van der Waals surface area contributed by atoms with Crippen LogP contribution in [0.1, 0.15) is 36.7 Å². The smallest absolute Gasteiger partial charge is 0.338 e. The summed E-state index contributed by atoms with van der Waals surface area (Å²) in [5.74, 6) is -0.416. The summed E-state index contributed by atoms with van der Waals surface area (Å²) in [6.45, 7) is 5.56. The van der Waals surface area contributed by atoms with E-state index in [2.05, 4.69) is 10.1 Å². The van der Waals surface area contributed by atoms with Crippen LogP contribution < -0.4 is 14.9 Å². The van der Waals surface area contributed by atoms with E-state index in [4.69, 9.17) is 4.74 Å². The van der Waals surface area contributed by atoms with Crippen molar-refractivity contribution in [2.24, 2.45) is 12.0 Å². The van der Waals surface area contributed by atoms with Crippen LogP contribution in [0.2, 0.25) is 0 Å². The highest BCUT2D eigenvalue weighted by atomic mass is 32.1. The number of thiazole rings is 1. The van der Waals surface area contributed by atoms with Crippen LogP contribution in [-0.2, 0) is 16.6 Å². The van der Waals surface area contributed by atoms with E-state index in [1.165, 1.54) is 28.0 Å². The second-order valence-electron chi connectivity index (χ2n) is 7.24. The van der Waals surface area contributed by atoms with Crippen LogP contribution in [0.3, 0.4) is 0 Å². The van der Waals surface area contributed by atoms with Gasteiger partial charge in [0.05, 0.1) is 34.1 Å². The molecule has 3 heterocycles. The molecule has 160 valence electrons. The van der Waals surface area contributed by atoms with Gasteiger partial charge in [-0.25, -0.2) is 9.79 Å². The predicted molar refractivity (Wildman–Crippen MR) is 116 cm³/mol. The molecular weight excluding hydrogens is 416 g/mol. The number of aromatic hydroxyl groups is 1. The second kappa shape index (κ2) is 7.99. The highest BCUT2D eigenvalue weighted by Gasteiger charge is 2.33. The van der Waals surface area contributed by atoms with Crippen molar-refractivity contribution in [2.75, 3.05) is 6.61 Å². The normalized spacial score (nSPS) is 16.3. The van der Waals surface area contributed by atoms with Crippen molar-refractivity contribution in [1.82, 2.24) is 14.3 Å². The van der Waals surface area contributed by atoms with Crippen molar-refractivity contribution in [3.63, 3.8) is 0 Å². The third-order valence-corrected chi connectivity index (χ3v) is 6.05. The summed E-state index contributed by atoms with van der Waals surface area (Å²) >= 11 is 1.26. The van der Waals surface area contributed by atoms with Gasteiger partial charge in [-0.1, -0.05) is 23.5 Å². The number of nitrogens with zero attached hydrogens (tertiary/aromatic N) is 4. The summed E-state index contributed by atoms with van der Waals surface area (Å²) in [6, 6.07) is 5.75. The summed E-state index contributed by atoms with van der Waals surface area (Å²) in [7, 11) is 1.83. The molecule has 0 saturated heterocycles. The summed E-state index contributed by atoms with van der Waals surface area (Å²) in [4.78, 5) is 31.3. The van der Waals surface area contributed by atoms with Crippen LogP contribution in [0.5, 0.6) is 5.75 Å². The first-order chi connectivity index (χ1) is 14.8. The number of phenolic OH excluding ortho intramolecular Hbond substituents is 1. The van der Waals surface area contributed by atoms with E-state index < -0.39 is 12.0 Å². The lowest BCUT2D eigenvalue weighted by atomic mass is 9.96. The first-order valence-electron chi connectivity index (χ1n) is 9.79. The number of fused-ring (bicyclic) bond motifs is 1. The van der Waals surface area contributed by atoms with Crippen LogP contribution in [0.4, 0.5) is 0 Å². The third-order valence-electron chi connectivity index (χ3n) is 5.06. The lowest BCUT2D eigenvalue weighted by molar-refractivity contribution is -0.139. The molecule has 0 aliphatic carbocycles. The van der Waals surface area contributed by atoms with Crippen molar-refractivity contribution >= 4 is 23.4 Å². The maximum absolute atomic E-state index is 13.5. The minimum absolute atomic E-state index is 0.0987. The molecule has 8 nitrogen and oxygen atoms in total. The number of hydrogen-bond acceptors (Lipinski definition) is 7. The maximum Gasteiger partial charge on any atom is 0.338 e. The molecule has 0 radical (unpaired) electrons. The fourth-order valence-corrected chi connectivity index (χ4v) is 4.70. The number of aromatic nitrogens is 3. The van der Waals surface area contributed by atoms with E-state index >= 15 is 0 Å². The molecule has 2 aromatic heterocycles. The number of allylic oxidation sites excluding steroid dienone is 1. The Kier molecular flexibility index (Phi) is 5.36. The Labute approximate surface area is 182 Å². The van der Waals surface area contributed by atoms with Crippen LogP contribution in [0.25, 0.3) is 6.08 Å². The van der Waals surface area contributed by atoms with Crippen LogP contribution >= 0.6 is 11.3 Å². The largest absolute Gasteiger partial charge is 0.508 e. The van der Waals surface area contributed by atoms with Crippen molar-refractivity contribution < 1.29 is 14.6 Å². The maximum atomic E-state index is 13.5. The Morgan fingerprint density at radius 1 is 1.29 bits per heavy atom. The molecule has 3 aromatic rings. The minimum atomic E-state index is -0.701. The average molecular weight is 439 g/mol. The van der Waals surface area contributed by atoms with Crippen LogP contribution in [-0.4, -0.2) is 32.0 Å². The molecule has 1 unspecified atom stereocenters. The Morgan fingerprint density at radius 3 is 2.61 bits per heavy atom. The summed E-state index contributed by atoms with van der Waals surface area (Å²) < 4.78 is 8.98. The van der Waals surface area contributed by atoms with Crippen molar-refractivity contribution in [2.45, 2.75) is 26.8 Å². The Bertz CT molecular complexity index is 1380. The van der Waals surface area contributed by atoms with Gasteiger partial charge in [-0.05, 0) is 44.5 Å². The van der Waals surface area contributed by atoms with E-state index in [1.807, 2.05) is 20.2 Å². The summed E-state index contributed by atoms with van der Waals surface area (Å²) in [5, 5.41) is 14.0. The zero-order chi connectivity index (χ0) is 22.3. The molecule has 0 amide bonds. The number of carbonyl (C=O) groups is 1. The molecule has 1 N–H and O–H groups in total. The van der Waals surface area contributed by atoms with Crippen LogP contribution in [0.15, 0.2) is 51.5 Å². The van der Waals surface area contributed by atoms with Crippen molar-refractivity contribution in [3.05, 3.63) is 78.2 Å². The number of ether oxygens (including phenoxy) is 1. The Hall–Kier alpha value is -3.46. The number of carbonyl (C=O) groups excluding carboxylic acids is 1. The number of phenols is 1. The predicted octanol–water partition coefficient (Wildman–Crippen LogP) is 1.55. The fourth-order valence-electron chi connectivity index (χ4n) is 3.66. The monoisotopic (exact) mass is 438 g/mol. The SMILES string of the molecule is CCOC(=O)C1=C(C)N=c2sc(=Cc3cn(C)nc3C)c(=O)n2C1c1ccc(O)cc1. The Balaban J connectivity index is 1.97. The van der Waals surface area contributed by atoms with Crippen LogP contribution in [0, 0.1) is 6.92 Å². The van der Waals surface area contributed by atoms with E-state index in [0.29, 0.717) is 26.2 Å². The summed E-state index contributed by atoms with van der Waals surface area (Å²) in [5.41, 5.74) is 2.90. The molecule has 1 aliphatic rings. The first-order valence-corrected chi connectivity index (χ1v) is 10.6. The molecule has 9 heteroatoms. The zero-order valence-electron chi connectivity index (χ0n) is 17.6. The Morgan fingerprint density at radius 2 is 2.00 bits per heavy atom. The second-order valence-corrected chi connectivity index (χ2v) is 8.25. The lowest BCUT2D eigenvalue weighted by Gasteiger charge is -2.24. The van der Waals surface area contributed by atoms with Crippen molar-refractivity contribution in [3.8, 4) is 5.75 Å².